The summed E-state index contributed by atoms with van der Waals surface area (Å²) < 4.78 is 5.76. The number of benzene rings is 2. The SMILES string of the molecule is COc1cc(C=NN2CCN(c3ccc(C)cc3)CC2)cc(Br)c1O. The Morgan fingerprint density at radius 3 is 2.44 bits per heavy atom. The predicted molar refractivity (Wildman–Crippen MR) is 105 cm³/mol. The number of aromatic hydroxyl groups is 1. The summed E-state index contributed by atoms with van der Waals surface area (Å²) in [4.78, 5) is 2.38. The molecule has 1 fully saturated rings. The highest BCUT2D eigenvalue weighted by Crippen LogP contribution is 2.34. The first-order chi connectivity index (χ1) is 12.1. The van der Waals surface area contributed by atoms with Crippen LogP contribution in [0.5, 0.6) is 11.5 Å². The highest BCUT2D eigenvalue weighted by molar-refractivity contribution is 9.10. The number of anilines is 1. The maximum Gasteiger partial charge on any atom is 0.172 e. The van der Waals surface area contributed by atoms with E-state index in [0.29, 0.717) is 10.2 Å². The summed E-state index contributed by atoms with van der Waals surface area (Å²) >= 11 is 3.33. The number of methoxy groups -OCH3 is 1. The van der Waals surface area contributed by atoms with Crippen molar-refractivity contribution in [2.45, 2.75) is 6.92 Å². The summed E-state index contributed by atoms with van der Waals surface area (Å²) in [6.45, 7) is 5.75. The molecule has 1 N–H and O–H groups in total. The summed E-state index contributed by atoms with van der Waals surface area (Å²) in [5, 5.41) is 16.5. The Bertz CT molecular complexity index is 754. The Kier molecular flexibility index (Phi) is 5.48. The molecule has 0 radical (unpaired) electrons. The average Bonchev–Trinajstić information content (AvgIpc) is 2.63. The van der Waals surface area contributed by atoms with Crippen molar-refractivity contribution in [3.63, 3.8) is 0 Å². The molecule has 0 atom stereocenters. The van der Waals surface area contributed by atoms with Gasteiger partial charge in [-0.3, -0.25) is 5.01 Å². The Balaban J connectivity index is 1.61. The van der Waals surface area contributed by atoms with Crippen LogP contribution < -0.4 is 9.64 Å². The van der Waals surface area contributed by atoms with Crippen LogP contribution in [0.2, 0.25) is 0 Å². The number of hydrogen-bond donors (Lipinski definition) is 1. The van der Waals surface area contributed by atoms with Crippen molar-refractivity contribution in [2.75, 3.05) is 38.2 Å². The summed E-state index contributed by atoms with van der Waals surface area (Å²) in [6.07, 6.45) is 1.80. The number of rotatable bonds is 4. The molecule has 1 saturated heterocycles. The minimum Gasteiger partial charge on any atom is -0.503 e. The third-order valence-electron chi connectivity index (χ3n) is 4.30. The second-order valence-corrected chi connectivity index (χ2v) is 6.93. The van der Waals surface area contributed by atoms with E-state index in [2.05, 4.69) is 62.1 Å². The molecule has 0 saturated carbocycles. The number of ether oxygens (including phenoxy) is 1. The fourth-order valence-electron chi connectivity index (χ4n) is 2.80. The number of halogens is 1. The van der Waals surface area contributed by atoms with E-state index in [1.165, 1.54) is 18.4 Å². The van der Waals surface area contributed by atoms with Crippen molar-refractivity contribution in [1.82, 2.24) is 5.01 Å². The Labute approximate surface area is 156 Å². The Morgan fingerprint density at radius 2 is 1.80 bits per heavy atom. The minimum absolute atomic E-state index is 0.103. The summed E-state index contributed by atoms with van der Waals surface area (Å²) in [6, 6.07) is 12.2. The van der Waals surface area contributed by atoms with Gasteiger partial charge in [0.15, 0.2) is 11.5 Å². The van der Waals surface area contributed by atoms with E-state index >= 15 is 0 Å². The normalized spacial score (nSPS) is 15.0. The van der Waals surface area contributed by atoms with Crippen molar-refractivity contribution < 1.29 is 9.84 Å². The van der Waals surface area contributed by atoms with Gasteiger partial charge in [0, 0.05) is 18.8 Å². The van der Waals surface area contributed by atoms with Gasteiger partial charge < -0.3 is 14.7 Å². The van der Waals surface area contributed by atoms with Crippen molar-refractivity contribution in [3.05, 3.63) is 52.0 Å². The first-order valence-electron chi connectivity index (χ1n) is 8.24. The van der Waals surface area contributed by atoms with E-state index in [1.807, 2.05) is 6.07 Å². The molecule has 2 aromatic carbocycles. The third-order valence-corrected chi connectivity index (χ3v) is 4.90. The van der Waals surface area contributed by atoms with Crippen molar-refractivity contribution in [1.29, 1.82) is 0 Å². The fourth-order valence-corrected chi connectivity index (χ4v) is 3.26. The van der Waals surface area contributed by atoms with Gasteiger partial charge in [-0.25, -0.2) is 0 Å². The fraction of sp³-hybridized carbons (Fsp3) is 0.316. The number of piperazine rings is 1. The zero-order valence-corrected chi connectivity index (χ0v) is 16.0. The average molecular weight is 404 g/mol. The second kappa shape index (κ2) is 7.78. The lowest BCUT2D eigenvalue weighted by Gasteiger charge is -2.34. The molecule has 1 aliphatic heterocycles. The molecule has 0 unspecified atom stereocenters. The summed E-state index contributed by atoms with van der Waals surface area (Å²) in [5.74, 6) is 0.534. The Morgan fingerprint density at radius 1 is 1.12 bits per heavy atom. The van der Waals surface area contributed by atoms with E-state index < -0.39 is 0 Å². The molecule has 3 rings (SSSR count). The van der Waals surface area contributed by atoms with Gasteiger partial charge in [-0.2, -0.15) is 5.10 Å². The zero-order chi connectivity index (χ0) is 17.8. The van der Waals surface area contributed by atoms with E-state index in [0.717, 1.165) is 31.7 Å². The van der Waals surface area contributed by atoms with Gasteiger partial charge in [-0.1, -0.05) is 17.7 Å². The van der Waals surface area contributed by atoms with E-state index in [9.17, 15) is 5.11 Å². The quantitative estimate of drug-likeness (QED) is 0.791. The molecule has 0 aliphatic carbocycles. The maximum absolute atomic E-state index is 9.86. The van der Waals surface area contributed by atoms with Gasteiger partial charge in [-0.05, 0) is 52.7 Å². The molecule has 25 heavy (non-hydrogen) atoms. The van der Waals surface area contributed by atoms with Crippen LogP contribution in [0, 0.1) is 6.92 Å². The van der Waals surface area contributed by atoms with Gasteiger partial charge >= 0.3 is 0 Å². The zero-order valence-electron chi connectivity index (χ0n) is 14.4. The maximum atomic E-state index is 9.86. The molecule has 0 bridgehead atoms. The van der Waals surface area contributed by atoms with Crippen LogP contribution in [-0.2, 0) is 0 Å². The number of aryl methyl sites for hydroxylation is 1. The minimum atomic E-state index is 0.103. The smallest absolute Gasteiger partial charge is 0.172 e. The highest BCUT2D eigenvalue weighted by atomic mass is 79.9. The number of nitrogens with zero attached hydrogens (tertiary/aromatic N) is 3. The van der Waals surface area contributed by atoms with Crippen LogP contribution in [0.15, 0.2) is 46.0 Å². The number of hydrogen-bond acceptors (Lipinski definition) is 5. The lowest BCUT2D eigenvalue weighted by Crippen LogP contribution is -2.44. The highest BCUT2D eigenvalue weighted by Gasteiger charge is 2.15. The van der Waals surface area contributed by atoms with E-state index in [4.69, 9.17) is 4.74 Å². The van der Waals surface area contributed by atoms with Crippen LogP contribution in [0.3, 0.4) is 0 Å². The van der Waals surface area contributed by atoms with Gasteiger partial charge in [0.05, 0.1) is 30.9 Å². The van der Waals surface area contributed by atoms with Gasteiger partial charge in [0.25, 0.3) is 0 Å². The third kappa shape index (κ3) is 4.25. The number of phenols is 1. The van der Waals surface area contributed by atoms with Crippen molar-refractivity contribution in [3.8, 4) is 11.5 Å². The first-order valence-corrected chi connectivity index (χ1v) is 9.03. The molecule has 2 aromatic rings. The van der Waals surface area contributed by atoms with Crippen LogP contribution >= 0.6 is 15.9 Å². The summed E-state index contributed by atoms with van der Waals surface area (Å²) in [5.41, 5.74) is 3.42. The van der Waals surface area contributed by atoms with Gasteiger partial charge in [0.2, 0.25) is 0 Å². The summed E-state index contributed by atoms with van der Waals surface area (Å²) in [7, 11) is 1.53. The molecule has 5 nitrogen and oxygen atoms in total. The number of hydrazone groups is 1. The molecular weight excluding hydrogens is 382 g/mol. The lowest BCUT2D eigenvalue weighted by molar-refractivity contribution is 0.272. The predicted octanol–water partition coefficient (Wildman–Crippen LogP) is 3.63. The van der Waals surface area contributed by atoms with Crippen LogP contribution in [0.1, 0.15) is 11.1 Å². The second-order valence-electron chi connectivity index (χ2n) is 6.07. The molecule has 1 aliphatic rings. The van der Waals surface area contributed by atoms with Gasteiger partial charge in [0.1, 0.15) is 0 Å². The van der Waals surface area contributed by atoms with Crippen LogP contribution in [0.4, 0.5) is 5.69 Å². The molecule has 132 valence electrons. The largest absolute Gasteiger partial charge is 0.503 e. The van der Waals surface area contributed by atoms with Crippen LogP contribution in [0.25, 0.3) is 0 Å². The van der Waals surface area contributed by atoms with Crippen molar-refractivity contribution >= 4 is 27.8 Å². The topological polar surface area (TPSA) is 48.3 Å². The number of phenolic OH excluding ortho intramolecular Hbond substituents is 1. The Hall–Kier alpha value is -2.21. The molecule has 1 heterocycles. The van der Waals surface area contributed by atoms with Crippen molar-refractivity contribution in [2.24, 2.45) is 5.10 Å². The lowest BCUT2D eigenvalue weighted by atomic mass is 10.2. The molecule has 0 spiro atoms. The van der Waals surface area contributed by atoms with E-state index in [-0.39, 0.29) is 5.75 Å². The molecule has 6 heteroatoms. The monoisotopic (exact) mass is 403 g/mol. The molecular formula is C19H22BrN3O2. The van der Waals surface area contributed by atoms with E-state index in [1.54, 1.807) is 12.3 Å². The molecule has 0 amide bonds. The van der Waals surface area contributed by atoms with Gasteiger partial charge in [-0.15, -0.1) is 0 Å². The first kappa shape index (κ1) is 17.6. The van der Waals surface area contributed by atoms with Crippen LogP contribution in [-0.4, -0.2) is 49.6 Å². The standard InChI is InChI=1S/C19H22BrN3O2/c1-14-3-5-16(6-4-14)22-7-9-23(10-8-22)21-13-15-11-17(20)19(24)18(12-15)25-2/h3-6,11-13,24H,7-10H2,1-2H3. The molecule has 0 aromatic heterocycles.